The molecule has 0 spiro atoms. The molecule has 1 aromatic rings. The number of nitrogens with one attached hydrogen (secondary N) is 2. The summed E-state index contributed by atoms with van der Waals surface area (Å²) in [4.78, 5) is 12.0. The number of amides is 1. The van der Waals surface area contributed by atoms with E-state index in [0.29, 0.717) is 23.7 Å². The Bertz CT molecular complexity index is 612. The molecule has 0 bridgehead atoms. The van der Waals surface area contributed by atoms with Gasteiger partial charge in [0.1, 0.15) is 0 Å². The lowest BCUT2D eigenvalue weighted by Gasteiger charge is -2.15. The first-order chi connectivity index (χ1) is 9.58. The van der Waals surface area contributed by atoms with Crippen molar-refractivity contribution in [1.29, 1.82) is 0 Å². The molecule has 0 saturated heterocycles. The predicted octanol–water partition coefficient (Wildman–Crippen LogP) is 1.68. The van der Waals surface area contributed by atoms with E-state index in [0.717, 1.165) is 11.8 Å². The van der Waals surface area contributed by atoms with Gasteiger partial charge in [0.25, 0.3) is 0 Å². The molecule has 21 heavy (non-hydrogen) atoms. The zero-order chi connectivity index (χ0) is 16.2. The van der Waals surface area contributed by atoms with Crippen molar-refractivity contribution in [3.05, 3.63) is 23.8 Å². The van der Waals surface area contributed by atoms with Gasteiger partial charge in [-0.1, -0.05) is 19.9 Å². The number of hydrogen-bond donors (Lipinski definition) is 3. The smallest absolute Gasteiger partial charge is 0.241 e. The number of nitrogens with two attached hydrogens (primary N) is 1. The van der Waals surface area contributed by atoms with Gasteiger partial charge < -0.3 is 11.1 Å². The SMILES string of the molecule is Cc1ccc(NC(=O)[C@@H](N)CC(C)C)cc1NS(C)(=O)=O. The van der Waals surface area contributed by atoms with Gasteiger partial charge in [-0.2, -0.15) is 0 Å². The molecule has 4 N–H and O–H groups in total. The van der Waals surface area contributed by atoms with Crippen molar-refractivity contribution in [3.8, 4) is 0 Å². The summed E-state index contributed by atoms with van der Waals surface area (Å²) in [6.07, 6.45) is 1.67. The van der Waals surface area contributed by atoms with Gasteiger partial charge in [-0.3, -0.25) is 9.52 Å². The number of carbonyl (C=O) groups is 1. The fourth-order valence-electron chi connectivity index (χ4n) is 1.86. The van der Waals surface area contributed by atoms with Crippen LogP contribution in [-0.2, 0) is 14.8 Å². The van der Waals surface area contributed by atoms with E-state index in [1.54, 1.807) is 25.1 Å². The van der Waals surface area contributed by atoms with Crippen molar-refractivity contribution in [2.24, 2.45) is 11.7 Å². The quantitative estimate of drug-likeness (QED) is 0.743. The first-order valence-corrected chi connectivity index (χ1v) is 8.62. The van der Waals surface area contributed by atoms with Crippen molar-refractivity contribution in [1.82, 2.24) is 0 Å². The topological polar surface area (TPSA) is 101 Å². The average Bonchev–Trinajstić information content (AvgIpc) is 2.30. The van der Waals surface area contributed by atoms with Crippen molar-refractivity contribution in [3.63, 3.8) is 0 Å². The van der Waals surface area contributed by atoms with Crippen molar-refractivity contribution in [2.75, 3.05) is 16.3 Å². The summed E-state index contributed by atoms with van der Waals surface area (Å²) in [7, 11) is -3.36. The predicted molar refractivity (Wildman–Crippen MR) is 85.7 cm³/mol. The van der Waals surface area contributed by atoms with Crippen LogP contribution in [0.3, 0.4) is 0 Å². The Morgan fingerprint density at radius 3 is 2.48 bits per heavy atom. The molecule has 1 amide bonds. The van der Waals surface area contributed by atoms with E-state index in [-0.39, 0.29) is 5.91 Å². The van der Waals surface area contributed by atoms with Gasteiger partial charge in [-0.05, 0) is 37.0 Å². The van der Waals surface area contributed by atoms with E-state index in [9.17, 15) is 13.2 Å². The summed E-state index contributed by atoms with van der Waals surface area (Å²) >= 11 is 0. The van der Waals surface area contributed by atoms with Gasteiger partial charge in [-0.15, -0.1) is 0 Å². The molecular formula is C14H23N3O3S. The van der Waals surface area contributed by atoms with E-state index in [4.69, 9.17) is 5.73 Å². The molecule has 0 heterocycles. The van der Waals surface area contributed by atoms with E-state index < -0.39 is 16.1 Å². The van der Waals surface area contributed by atoms with Crippen molar-refractivity contribution < 1.29 is 13.2 Å². The summed E-state index contributed by atoms with van der Waals surface area (Å²) in [5, 5.41) is 2.70. The number of sulfonamides is 1. The maximum absolute atomic E-state index is 12.0. The van der Waals surface area contributed by atoms with E-state index in [2.05, 4.69) is 10.0 Å². The number of benzene rings is 1. The second kappa shape index (κ2) is 6.91. The Morgan fingerprint density at radius 2 is 1.95 bits per heavy atom. The fraction of sp³-hybridized carbons (Fsp3) is 0.500. The highest BCUT2D eigenvalue weighted by atomic mass is 32.2. The largest absolute Gasteiger partial charge is 0.325 e. The molecule has 0 aliphatic rings. The van der Waals surface area contributed by atoms with Crippen LogP contribution in [-0.4, -0.2) is 26.6 Å². The monoisotopic (exact) mass is 313 g/mol. The number of hydrogen-bond acceptors (Lipinski definition) is 4. The molecule has 0 saturated carbocycles. The minimum atomic E-state index is -3.36. The van der Waals surface area contributed by atoms with Crippen LogP contribution in [0.5, 0.6) is 0 Å². The molecule has 1 rings (SSSR count). The van der Waals surface area contributed by atoms with Crippen molar-refractivity contribution >= 4 is 27.3 Å². The zero-order valence-corrected chi connectivity index (χ0v) is 13.6. The van der Waals surface area contributed by atoms with Crippen LogP contribution < -0.4 is 15.8 Å². The second-order valence-electron chi connectivity index (χ2n) is 5.63. The lowest BCUT2D eigenvalue weighted by atomic mass is 10.0. The molecule has 0 fully saturated rings. The minimum Gasteiger partial charge on any atom is -0.325 e. The van der Waals surface area contributed by atoms with Crippen LogP contribution in [0.4, 0.5) is 11.4 Å². The van der Waals surface area contributed by atoms with Gasteiger partial charge >= 0.3 is 0 Å². The molecule has 6 nitrogen and oxygen atoms in total. The fourth-order valence-corrected chi connectivity index (χ4v) is 2.48. The maximum atomic E-state index is 12.0. The molecule has 118 valence electrons. The standard InChI is InChI=1S/C14H23N3O3S/c1-9(2)7-12(15)14(18)16-11-6-5-10(3)13(8-11)17-21(4,19)20/h5-6,8-9,12,17H,7,15H2,1-4H3,(H,16,18)/t12-/m0/s1. The third-order valence-electron chi connectivity index (χ3n) is 2.86. The lowest BCUT2D eigenvalue weighted by Crippen LogP contribution is -2.36. The van der Waals surface area contributed by atoms with Crippen LogP contribution in [0.25, 0.3) is 0 Å². The van der Waals surface area contributed by atoms with E-state index in [1.165, 1.54) is 0 Å². The average molecular weight is 313 g/mol. The molecule has 0 aliphatic carbocycles. The highest BCUT2D eigenvalue weighted by Gasteiger charge is 2.15. The van der Waals surface area contributed by atoms with Gasteiger partial charge in [0.05, 0.1) is 18.0 Å². The van der Waals surface area contributed by atoms with Crippen LogP contribution in [0.1, 0.15) is 25.8 Å². The van der Waals surface area contributed by atoms with Gasteiger partial charge in [0, 0.05) is 5.69 Å². The summed E-state index contributed by atoms with van der Waals surface area (Å²) in [6, 6.07) is 4.44. The molecule has 0 radical (unpaired) electrons. The summed E-state index contributed by atoms with van der Waals surface area (Å²) < 4.78 is 25.0. The van der Waals surface area contributed by atoms with E-state index in [1.807, 2.05) is 13.8 Å². The Kier molecular flexibility index (Phi) is 5.74. The first kappa shape index (κ1) is 17.5. The molecule has 7 heteroatoms. The Balaban J connectivity index is 2.85. The zero-order valence-electron chi connectivity index (χ0n) is 12.8. The summed E-state index contributed by atoms with van der Waals surface area (Å²) in [5.74, 6) is 0.0455. The van der Waals surface area contributed by atoms with Crippen LogP contribution in [0, 0.1) is 12.8 Å². The molecule has 0 unspecified atom stereocenters. The van der Waals surface area contributed by atoms with Crippen LogP contribution >= 0.6 is 0 Å². The number of anilines is 2. The maximum Gasteiger partial charge on any atom is 0.241 e. The highest BCUT2D eigenvalue weighted by molar-refractivity contribution is 7.92. The summed E-state index contributed by atoms with van der Waals surface area (Å²) in [6.45, 7) is 5.77. The normalized spacial score (nSPS) is 13.0. The Labute approximate surface area is 126 Å². The van der Waals surface area contributed by atoms with Crippen LogP contribution in [0.2, 0.25) is 0 Å². The van der Waals surface area contributed by atoms with Gasteiger partial charge in [-0.25, -0.2) is 8.42 Å². The third-order valence-corrected chi connectivity index (χ3v) is 3.45. The van der Waals surface area contributed by atoms with Crippen LogP contribution in [0.15, 0.2) is 18.2 Å². The molecule has 0 aromatic heterocycles. The molecule has 1 atom stereocenters. The van der Waals surface area contributed by atoms with Crippen molar-refractivity contribution in [2.45, 2.75) is 33.2 Å². The Hall–Kier alpha value is -1.60. The minimum absolute atomic E-state index is 0.280. The summed E-state index contributed by atoms with van der Waals surface area (Å²) in [5.41, 5.74) is 7.53. The van der Waals surface area contributed by atoms with E-state index >= 15 is 0 Å². The first-order valence-electron chi connectivity index (χ1n) is 6.73. The molecule has 0 aliphatic heterocycles. The van der Waals surface area contributed by atoms with Gasteiger partial charge in [0.15, 0.2) is 0 Å². The number of aryl methyl sites for hydroxylation is 1. The molecule has 1 aromatic carbocycles. The van der Waals surface area contributed by atoms with Gasteiger partial charge in [0.2, 0.25) is 15.9 Å². The highest BCUT2D eigenvalue weighted by Crippen LogP contribution is 2.21. The second-order valence-corrected chi connectivity index (χ2v) is 7.38. The number of rotatable bonds is 6. The number of carbonyl (C=O) groups excluding carboxylic acids is 1. The Morgan fingerprint density at radius 1 is 1.33 bits per heavy atom. The third kappa shape index (κ3) is 6.14. The lowest BCUT2D eigenvalue weighted by molar-refractivity contribution is -0.117. The molecular weight excluding hydrogens is 290 g/mol.